The number of halogens is 3. The number of ether oxygens (including phenoxy) is 1. The van der Waals surface area contributed by atoms with Gasteiger partial charge in [0.2, 0.25) is 23.6 Å². The number of rotatable bonds is 16. The molecule has 9 unspecified atom stereocenters. The molecule has 2 aliphatic heterocycles. The lowest BCUT2D eigenvalue weighted by Crippen LogP contribution is -2.58. The fourth-order valence-corrected chi connectivity index (χ4v) is 8.53. The predicted molar refractivity (Wildman–Crippen MR) is 222 cm³/mol. The van der Waals surface area contributed by atoms with Gasteiger partial charge in [0.15, 0.2) is 0 Å². The number of likely N-dealkylation sites (tertiary alicyclic amines) is 2. The highest BCUT2D eigenvalue weighted by molar-refractivity contribution is 5.97. The maximum absolute atomic E-state index is 15.4. The van der Waals surface area contributed by atoms with Crippen molar-refractivity contribution >= 4 is 45.4 Å². The maximum atomic E-state index is 15.4. The summed E-state index contributed by atoms with van der Waals surface area (Å²) in [5.74, 6) is -2.60. The third-order valence-corrected chi connectivity index (χ3v) is 12.3. The first-order valence-electron chi connectivity index (χ1n) is 20.6. The van der Waals surface area contributed by atoms with Gasteiger partial charge in [-0.1, -0.05) is 6.92 Å². The van der Waals surface area contributed by atoms with E-state index in [4.69, 9.17) is 4.74 Å². The number of amides is 4. The van der Waals surface area contributed by atoms with Crippen molar-refractivity contribution in [2.24, 2.45) is 0 Å². The number of aliphatic hydroxyl groups is 1. The zero-order valence-electron chi connectivity index (χ0n) is 35.1. The second-order valence-electron chi connectivity index (χ2n) is 16.2. The van der Waals surface area contributed by atoms with Gasteiger partial charge in [-0.2, -0.15) is 0 Å². The molecule has 9 atom stereocenters. The molecular weight excluding hydrogens is 782 g/mol. The predicted octanol–water partition coefficient (Wildman–Crippen LogP) is 3.21. The van der Waals surface area contributed by atoms with Crippen LogP contribution in [0.4, 0.5) is 13.2 Å². The maximum Gasteiger partial charge on any atom is 0.248 e. The Balaban J connectivity index is 1.41. The Labute approximate surface area is 347 Å². The average Bonchev–Trinajstić information content (AvgIpc) is 3.99. The lowest BCUT2D eigenvalue weighted by atomic mass is 9.94. The van der Waals surface area contributed by atoms with E-state index in [0.717, 1.165) is 0 Å². The lowest BCUT2D eigenvalue weighted by Gasteiger charge is -2.32. The van der Waals surface area contributed by atoms with Crippen molar-refractivity contribution < 1.29 is 42.2 Å². The first kappa shape index (κ1) is 44.6. The molecule has 2 aromatic heterocycles. The SMILES string of the molecule is CCC(NC(=O)C(C)NC)C(=O)N1CC(F)CC1Cc1c(-c2[nH]c3cc(F)ccc3c2CC2CC(O)CN2C(=O)C(NC(=O)C(C)NC)C(C)OC)[nH]c2cc(F)ccc12. The van der Waals surface area contributed by atoms with Crippen LogP contribution in [0.5, 0.6) is 0 Å². The molecule has 0 saturated carbocycles. The minimum absolute atomic E-state index is 0.000134. The summed E-state index contributed by atoms with van der Waals surface area (Å²) in [5, 5.41) is 23.6. The Bertz CT molecular complexity index is 2210. The number of alkyl halides is 1. The number of aromatic nitrogens is 2. The number of fused-ring (bicyclic) bond motifs is 2. The molecule has 14 nitrogen and oxygen atoms in total. The fraction of sp³-hybridized carbons (Fsp3) is 0.535. The summed E-state index contributed by atoms with van der Waals surface area (Å²) in [4.78, 5) is 63.9. The summed E-state index contributed by atoms with van der Waals surface area (Å²) in [6.45, 7) is 6.62. The standard InChI is InChI=1S/C43H57F3N8O6/c1-8-34(51-40(56)21(2)47-5)42(58)53-19-26(46)13-27(53)17-32-30-11-9-24(44)14-35(30)49-38(32)39-33(31-12-10-25(45)15-36(31)50-39)18-28-16-29(55)20-54(28)43(59)37(23(4)60-7)52-41(57)22(3)48-6/h9-12,14-15,21-23,26-29,34,37,47-50,55H,8,13,16-20H2,1-7H3,(H,51,56)(H,52,57). The van der Waals surface area contributed by atoms with Crippen molar-refractivity contribution in [3.63, 3.8) is 0 Å². The Morgan fingerprint density at radius 2 is 1.30 bits per heavy atom. The van der Waals surface area contributed by atoms with E-state index in [0.29, 0.717) is 44.3 Å². The number of carbonyl (C=O) groups excluding carboxylic acids is 4. The number of carbonyl (C=O) groups is 4. The van der Waals surface area contributed by atoms with Crippen LogP contribution < -0.4 is 21.3 Å². The third kappa shape index (κ3) is 9.18. The number of aliphatic hydroxyl groups excluding tert-OH is 1. The van der Waals surface area contributed by atoms with E-state index in [1.54, 1.807) is 58.8 Å². The molecule has 2 saturated heterocycles. The number of β-amino-alcohol motifs (C(OH)–C–C–N with tert-alkyl or cyclic N) is 1. The van der Waals surface area contributed by atoms with Gasteiger partial charge in [0.25, 0.3) is 0 Å². The first-order chi connectivity index (χ1) is 28.6. The van der Waals surface area contributed by atoms with E-state index in [1.807, 2.05) is 0 Å². The fourth-order valence-electron chi connectivity index (χ4n) is 8.53. The summed E-state index contributed by atoms with van der Waals surface area (Å²) in [5.41, 5.74) is 3.25. The van der Waals surface area contributed by atoms with Crippen LogP contribution in [0.1, 0.15) is 58.1 Å². The number of aromatic amines is 2. The molecule has 4 amide bonds. The van der Waals surface area contributed by atoms with Gasteiger partial charge in [-0.15, -0.1) is 0 Å². The van der Waals surface area contributed by atoms with Gasteiger partial charge >= 0.3 is 0 Å². The molecule has 17 heteroatoms. The monoisotopic (exact) mass is 838 g/mol. The molecule has 7 N–H and O–H groups in total. The van der Waals surface area contributed by atoms with Crippen molar-refractivity contribution in [2.45, 2.75) is 114 Å². The number of hydrogen-bond donors (Lipinski definition) is 7. The average molecular weight is 839 g/mol. The third-order valence-electron chi connectivity index (χ3n) is 12.3. The van der Waals surface area contributed by atoms with Crippen molar-refractivity contribution in [1.82, 2.24) is 41.0 Å². The van der Waals surface area contributed by atoms with Gasteiger partial charge in [0.1, 0.15) is 29.9 Å². The lowest BCUT2D eigenvalue weighted by molar-refractivity contribution is -0.141. The van der Waals surface area contributed by atoms with Gasteiger partial charge < -0.3 is 50.9 Å². The molecule has 6 rings (SSSR count). The number of likely N-dealkylation sites (N-methyl/N-ethyl adjacent to an activating group) is 2. The molecule has 4 heterocycles. The smallest absolute Gasteiger partial charge is 0.248 e. The van der Waals surface area contributed by atoms with Crippen LogP contribution in [-0.4, -0.2) is 137 Å². The minimum Gasteiger partial charge on any atom is -0.391 e. The van der Waals surface area contributed by atoms with Crippen LogP contribution in [-0.2, 0) is 36.8 Å². The molecule has 2 aromatic carbocycles. The van der Waals surface area contributed by atoms with Crippen LogP contribution in [0, 0.1) is 11.6 Å². The molecule has 2 aliphatic rings. The molecule has 326 valence electrons. The Kier molecular flexibility index (Phi) is 13.9. The molecular formula is C43H57F3N8O6. The van der Waals surface area contributed by atoms with Gasteiger partial charge in [0, 0.05) is 54.0 Å². The van der Waals surface area contributed by atoms with Crippen molar-refractivity contribution in [2.75, 3.05) is 34.3 Å². The second kappa shape index (κ2) is 18.7. The topological polar surface area (TPSA) is 184 Å². The van der Waals surface area contributed by atoms with Crippen molar-refractivity contribution in [1.29, 1.82) is 0 Å². The van der Waals surface area contributed by atoms with Crippen LogP contribution in [0.3, 0.4) is 0 Å². The Morgan fingerprint density at radius 1 is 0.800 bits per heavy atom. The van der Waals surface area contributed by atoms with Crippen LogP contribution in [0.25, 0.3) is 33.2 Å². The highest BCUT2D eigenvalue weighted by Crippen LogP contribution is 2.40. The molecule has 0 radical (unpaired) electrons. The zero-order valence-corrected chi connectivity index (χ0v) is 35.1. The summed E-state index contributed by atoms with van der Waals surface area (Å²) >= 11 is 0. The zero-order chi connectivity index (χ0) is 43.6. The number of hydrogen-bond acceptors (Lipinski definition) is 8. The number of methoxy groups -OCH3 is 1. The Morgan fingerprint density at radius 3 is 1.80 bits per heavy atom. The van der Waals surface area contributed by atoms with Crippen LogP contribution >= 0.6 is 0 Å². The van der Waals surface area contributed by atoms with E-state index < -0.39 is 84.0 Å². The second-order valence-corrected chi connectivity index (χ2v) is 16.2. The summed E-state index contributed by atoms with van der Waals surface area (Å²) in [7, 11) is 4.71. The largest absolute Gasteiger partial charge is 0.391 e. The number of H-pyrrole nitrogens is 2. The van der Waals surface area contributed by atoms with Crippen LogP contribution in [0.2, 0.25) is 0 Å². The van der Waals surface area contributed by atoms with Gasteiger partial charge in [-0.3, -0.25) is 19.2 Å². The van der Waals surface area contributed by atoms with E-state index in [1.165, 1.54) is 36.3 Å². The summed E-state index contributed by atoms with van der Waals surface area (Å²) < 4.78 is 50.6. The molecule has 0 aliphatic carbocycles. The summed E-state index contributed by atoms with van der Waals surface area (Å²) in [6, 6.07) is 4.30. The number of nitrogens with zero attached hydrogens (tertiary/aromatic N) is 2. The Hall–Kier alpha value is -4.97. The van der Waals surface area contributed by atoms with Gasteiger partial charge in [-0.25, -0.2) is 13.2 Å². The highest BCUT2D eigenvalue weighted by atomic mass is 19.1. The molecule has 4 aromatic rings. The molecule has 60 heavy (non-hydrogen) atoms. The number of nitrogens with one attached hydrogen (secondary N) is 6. The van der Waals surface area contributed by atoms with E-state index >= 15 is 4.39 Å². The van der Waals surface area contributed by atoms with E-state index in [-0.39, 0.29) is 51.1 Å². The molecule has 0 spiro atoms. The van der Waals surface area contributed by atoms with E-state index in [9.17, 15) is 33.1 Å². The minimum atomic E-state index is -1.32. The number of benzene rings is 2. The van der Waals surface area contributed by atoms with Crippen LogP contribution in [0.15, 0.2) is 36.4 Å². The summed E-state index contributed by atoms with van der Waals surface area (Å²) in [6.07, 6.45) is -2.05. The molecule has 2 fully saturated rings. The van der Waals surface area contributed by atoms with Gasteiger partial charge in [-0.05, 0) is 108 Å². The normalized spacial score (nSPS) is 21.9. The highest BCUT2D eigenvalue weighted by Gasteiger charge is 2.42. The van der Waals surface area contributed by atoms with E-state index in [2.05, 4.69) is 31.2 Å². The van der Waals surface area contributed by atoms with Crippen molar-refractivity contribution in [3.05, 3.63) is 59.2 Å². The quantitative estimate of drug-likeness (QED) is 0.0898. The molecule has 0 bridgehead atoms. The first-order valence-corrected chi connectivity index (χ1v) is 20.6. The van der Waals surface area contributed by atoms with Crippen molar-refractivity contribution in [3.8, 4) is 11.4 Å². The van der Waals surface area contributed by atoms with Gasteiger partial charge in [0.05, 0.1) is 42.2 Å².